The predicted octanol–water partition coefficient (Wildman–Crippen LogP) is 2.90. The van der Waals surface area contributed by atoms with Crippen molar-refractivity contribution in [2.75, 3.05) is 5.73 Å². The first-order valence-corrected chi connectivity index (χ1v) is 9.60. The maximum atomic E-state index is 11.6. The van der Waals surface area contributed by atoms with Gasteiger partial charge in [0.15, 0.2) is 11.6 Å². The van der Waals surface area contributed by atoms with Crippen LogP contribution in [0.2, 0.25) is 19.6 Å². The molecule has 0 aliphatic heterocycles. The standard InChI is InChI=1S/C15H19NO2Si/c1-10(17)13-8-12(6-7-19(3,4)5)15(16)9-14(13)11(2)18/h8-9H,16H2,1-5H3. The lowest BCUT2D eigenvalue weighted by Crippen LogP contribution is -2.16. The van der Waals surface area contributed by atoms with Gasteiger partial charge in [-0.2, -0.15) is 0 Å². The molecule has 0 aromatic heterocycles. The van der Waals surface area contributed by atoms with Crippen molar-refractivity contribution in [2.24, 2.45) is 0 Å². The molecular weight excluding hydrogens is 254 g/mol. The van der Waals surface area contributed by atoms with Gasteiger partial charge in [0, 0.05) is 22.4 Å². The Labute approximate surface area is 115 Å². The minimum absolute atomic E-state index is 0.152. The molecule has 0 heterocycles. The van der Waals surface area contributed by atoms with Gasteiger partial charge in [-0.1, -0.05) is 25.6 Å². The van der Waals surface area contributed by atoms with Gasteiger partial charge in [0.25, 0.3) is 0 Å². The van der Waals surface area contributed by atoms with Crippen molar-refractivity contribution in [3.63, 3.8) is 0 Å². The maximum absolute atomic E-state index is 11.6. The molecule has 2 N–H and O–H groups in total. The second-order valence-corrected chi connectivity index (χ2v) is 10.3. The van der Waals surface area contributed by atoms with E-state index in [9.17, 15) is 9.59 Å². The molecule has 0 spiro atoms. The number of hydrogen-bond acceptors (Lipinski definition) is 3. The lowest BCUT2D eigenvalue weighted by Gasteiger charge is -2.08. The van der Waals surface area contributed by atoms with Crippen LogP contribution < -0.4 is 5.73 Å². The average molecular weight is 273 g/mol. The number of nitrogens with two attached hydrogens (primary N) is 1. The predicted molar refractivity (Wildman–Crippen MR) is 81.1 cm³/mol. The largest absolute Gasteiger partial charge is 0.398 e. The molecule has 0 aliphatic carbocycles. The highest BCUT2D eigenvalue weighted by molar-refractivity contribution is 6.83. The van der Waals surface area contributed by atoms with Crippen molar-refractivity contribution in [1.82, 2.24) is 0 Å². The molecule has 0 unspecified atom stereocenters. The number of anilines is 1. The fraction of sp³-hybridized carbons (Fsp3) is 0.333. The van der Waals surface area contributed by atoms with E-state index in [4.69, 9.17) is 5.73 Å². The van der Waals surface area contributed by atoms with Crippen LogP contribution in [0.15, 0.2) is 12.1 Å². The van der Waals surface area contributed by atoms with Crippen LogP contribution in [0.25, 0.3) is 0 Å². The Hall–Kier alpha value is -1.86. The zero-order valence-corrected chi connectivity index (χ0v) is 13.0. The fourth-order valence-corrected chi connectivity index (χ4v) is 2.07. The van der Waals surface area contributed by atoms with Crippen molar-refractivity contribution in [3.8, 4) is 11.5 Å². The highest BCUT2D eigenvalue weighted by atomic mass is 28.3. The number of carbonyl (C=O) groups is 2. The summed E-state index contributed by atoms with van der Waals surface area (Å²) in [7, 11) is -1.51. The van der Waals surface area contributed by atoms with E-state index in [1.807, 2.05) is 0 Å². The first kappa shape index (κ1) is 15.2. The van der Waals surface area contributed by atoms with Gasteiger partial charge in [-0.3, -0.25) is 9.59 Å². The van der Waals surface area contributed by atoms with Crippen LogP contribution in [0, 0.1) is 11.5 Å². The maximum Gasteiger partial charge on any atom is 0.160 e. The topological polar surface area (TPSA) is 60.2 Å². The van der Waals surface area contributed by atoms with Gasteiger partial charge in [-0.25, -0.2) is 0 Å². The van der Waals surface area contributed by atoms with Gasteiger partial charge in [-0.05, 0) is 26.0 Å². The molecule has 0 saturated heterocycles. The summed E-state index contributed by atoms with van der Waals surface area (Å²) in [5.74, 6) is 2.72. The van der Waals surface area contributed by atoms with Crippen molar-refractivity contribution in [1.29, 1.82) is 0 Å². The molecule has 0 bridgehead atoms. The van der Waals surface area contributed by atoms with E-state index in [0.717, 1.165) is 0 Å². The van der Waals surface area contributed by atoms with Crippen molar-refractivity contribution < 1.29 is 9.59 Å². The molecule has 4 heteroatoms. The SMILES string of the molecule is CC(=O)c1cc(N)c(C#C[Si](C)(C)C)cc1C(C)=O. The monoisotopic (exact) mass is 273 g/mol. The van der Waals surface area contributed by atoms with Gasteiger partial charge >= 0.3 is 0 Å². The highest BCUT2D eigenvalue weighted by Gasteiger charge is 2.14. The number of rotatable bonds is 2. The summed E-state index contributed by atoms with van der Waals surface area (Å²) in [6.45, 7) is 9.26. The minimum Gasteiger partial charge on any atom is -0.398 e. The van der Waals surface area contributed by atoms with Gasteiger partial charge in [-0.15, -0.1) is 5.54 Å². The molecule has 1 aromatic rings. The number of Topliss-reactive ketones (excluding diaryl/α,β-unsaturated/α-hetero) is 2. The third-order valence-electron chi connectivity index (χ3n) is 2.52. The lowest BCUT2D eigenvalue weighted by atomic mass is 9.97. The molecule has 0 radical (unpaired) electrons. The van der Waals surface area contributed by atoms with Crippen LogP contribution >= 0.6 is 0 Å². The van der Waals surface area contributed by atoms with Crippen LogP contribution in [-0.2, 0) is 0 Å². The quantitative estimate of drug-likeness (QED) is 0.390. The molecule has 0 atom stereocenters. The Morgan fingerprint density at radius 2 is 1.53 bits per heavy atom. The molecule has 0 amide bonds. The number of carbonyl (C=O) groups excluding carboxylic acids is 2. The summed E-state index contributed by atoms with van der Waals surface area (Å²) in [6, 6.07) is 3.18. The molecule has 0 saturated carbocycles. The normalized spacial score (nSPS) is 10.6. The van der Waals surface area contributed by atoms with Crippen LogP contribution in [0.4, 0.5) is 5.69 Å². The third kappa shape index (κ3) is 4.07. The molecule has 100 valence electrons. The Bertz CT molecular complexity index is 601. The second-order valence-electron chi connectivity index (χ2n) is 5.60. The van der Waals surface area contributed by atoms with Crippen molar-refractivity contribution in [2.45, 2.75) is 33.5 Å². The number of benzene rings is 1. The van der Waals surface area contributed by atoms with E-state index in [1.165, 1.54) is 13.8 Å². The molecule has 0 aliphatic rings. The Morgan fingerprint density at radius 3 is 1.95 bits per heavy atom. The number of ketones is 2. The minimum atomic E-state index is -1.51. The van der Waals surface area contributed by atoms with Crippen LogP contribution in [-0.4, -0.2) is 19.6 Å². The summed E-state index contributed by atoms with van der Waals surface area (Å²) in [6.07, 6.45) is 0. The van der Waals surface area contributed by atoms with Gasteiger partial charge in [0.05, 0.1) is 0 Å². The van der Waals surface area contributed by atoms with E-state index in [1.54, 1.807) is 12.1 Å². The molecule has 1 rings (SSSR count). The average Bonchev–Trinajstić information content (AvgIpc) is 2.25. The molecule has 1 aromatic carbocycles. The number of hydrogen-bond donors (Lipinski definition) is 1. The van der Waals surface area contributed by atoms with E-state index >= 15 is 0 Å². The zero-order chi connectivity index (χ0) is 14.8. The smallest absolute Gasteiger partial charge is 0.160 e. The van der Waals surface area contributed by atoms with E-state index in [-0.39, 0.29) is 11.6 Å². The first-order valence-electron chi connectivity index (χ1n) is 6.10. The Morgan fingerprint density at radius 1 is 1.05 bits per heavy atom. The van der Waals surface area contributed by atoms with Crippen LogP contribution in [0.1, 0.15) is 40.1 Å². The molecular formula is C15H19NO2Si. The first-order chi connectivity index (χ1) is 8.61. The second kappa shape index (κ2) is 5.41. The third-order valence-corrected chi connectivity index (χ3v) is 3.40. The van der Waals surface area contributed by atoms with Crippen LogP contribution in [0.5, 0.6) is 0 Å². The van der Waals surface area contributed by atoms with Crippen LogP contribution in [0.3, 0.4) is 0 Å². The Balaban J connectivity index is 3.44. The Kier molecular flexibility index (Phi) is 4.33. The summed E-state index contributed by atoms with van der Waals surface area (Å²) in [4.78, 5) is 23.1. The zero-order valence-electron chi connectivity index (χ0n) is 12.0. The summed E-state index contributed by atoms with van der Waals surface area (Å²) < 4.78 is 0. The summed E-state index contributed by atoms with van der Waals surface area (Å²) in [5.41, 5.74) is 10.9. The van der Waals surface area contributed by atoms with E-state index < -0.39 is 8.07 Å². The highest BCUT2D eigenvalue weighted by Crippen LogP contribution is 2.20. The van der Waals surface area contributed by atoms with Crippen molar-refractivity contribution >= 4 is 25.3 Å². The van der Waals surface area contributed by atoms with Gasteiger partial charge in [0.2, 0.25) is 0 Å². The fourth-order valence-electron chi connectivity index (χ4n) is 1.56. The summed E-state index contributed by atoms with van der Waals surface area (Å²) in [5, 5.41) is 0. The van der Waals surface area contributed by atoms with Crippen molar-refractivity contribution in [3.05, 3.63) is 28.8 Å². The molecule has 19 heavy (non-hydrogen) atoms. The number of nitrogen functional groups attached to an aromatic ring is 1. The van der Waals surface area contributed by atoms with E-state index in [0.29, 0.717) is 22.4 Å². The lowest BCUT2D eigenvalue weighted by molar-refractivity contribution is 0.0981. The van der Waals surface area contributed by atoms with E-state index in [2.05, 4.69) is 31.1 Å². The molecule has 0 fully saturated rings. The summed E-state index contributed by atoms with van der Waals surface area (Å²) >= 11 is 0. The molecule has 3 nitrogen and oxygen atoms in total. The van der Waals surface area contributed by atoms with Gasteiger partial charge in [0.1, 0.15) is 8.07 Å². The van der Waals surface area contributed by atoms with Gasteiger partial charge < -0.3 is 5.73 Å².